The van der Waals surface area contributed by atoms with E-state index in [9.17, 15) is 4.39 Å². The van der Waals surface area contributed by atoms with E-state index in [1.54, 1.807) is 18.2 Å². The maximum atomic E-state index is 14.1. The van der Waals surface area contributed by atoms with E-state index >= 15 is 0 Å². The summed E-state index contributed by atoms with van der Waals surface area (Å²) in [6.45, 7) is 2.58. The van der Waals surface area contributed by atoms with Crippen LogP contribution in [0.25, 0.3) is 0 Å². The van der Waals surface area contributed by atoms with Gasteiger partial charge in [0.25, 0.3) is 0 Å². The molecule has 6 heteroatoms. The predicted molar refractivity (Wildman–Crippen MR) is 78.3 cm³/mol. The number of benzene rings is 1. The zero-order chi connectivity index (χ0) is 14.0. The zero-order valence-corrected chi connectivity index (χ0v) is 13.1. The quantitative estimate of drug-likeness (QED) is 0.753. The van der Waals surface area contributed by atoms with Crippen LogP contribution in [0.3, 0.4) is 0 Å². The molecule has 0 amide bonds. The van der Waals surface area contributed by atoms with Crippen LogP contribution in [-0.4, -0.2) is 6.54 Å². The lowest BCUT2D eigenvalue weighted by molar-refractivity contribution is 0.442. The summed E-state index contributed by atoms with van der Waals surface area (Å²) in [7, 11) is 0. The first-order chi connectivity index (χ1) is 9.02. The number of rotatable bonds is 4. The summed E-state index contributed by atoms with van der Waals surface area (Å²) in [6, 6.07) is 5.82. The first kappa shape index (κ1) is 14.9. The van der Waals surface area contributed by atoms with Gasteiger partial charge in [-0.15, -0.1) is 0 Å². The van der Waals surface area contributed by atoms with Gasteiger partial charge < -0.3 is 9.73 Å². The average molecular weight is 367 g/mol. The second-order valence-corrected chi connectivity index (χ2v) is 5.55. The van der Waals surface area contributed by atoms with E-state index < -0.39 is 6.04 Å². The molecular weight excluding hydrogens is 356 g/mol. The highest BCUT2D eigenvalue weighted by atomic mass is 79.9. The Labute approximate surface area is 129 Å². The molecular formula is C13H11BrCl2FNO. The van der Waals surface area contributed by atoms with Gasteiger partial charge >= 0.3 is 0 Å². The summed E-state index contributed by atoms with van der Waals surface area (Å²) >= 11 is 15.0. The molecule has 1 heterocycles. The van der Waals surface area contributed by atoms with Crippen molar-refractivity contribution in [3.63, 3.8) is 0 Å². The molecule has 0 spiro atoms. The summed E-state index contributed by atoms with van der Waals surface area (Å²) in [5, 5.41) is 3.86. The minimum atomic E-state index is -0.428. The van der Waals surface area contributed by atoms with E-state index in [4.69, 9.17) is 27.6 Å². The third kappa shape index (κ3) is 3.31. The topological polar surface area (TPSA) is 25.2 Å². The van der Waals surface area contributed by atoms with Crippen LogP contribution < -0.4 is 5.32 Å². The average Bonchev–Trinajstić information content (AvgIpc) is 2.78. The molecule has 2 rings (SSSR count). The molecule has 1 unspecified atom stereocenters. The summed E-state index contributed by atoms with van der Waals surface area (Å²) in [4.78, 5) is 0. The number of hydrogen-bond donors (Lipinski definition) is 1. The van der Waals surface area contributed by atoms with Crippen molar-refractivity contribution in [1.82, 2.24) is 5.32 Å². The molecule has 0 saturated heterocycles. The fourth-order valence-electron chi connectivity index (χ4n) is 1.81. The predicted octanol–water partition coefficient (Wildman–Crippen LogP) is 5.19. The van der Waals surface area contributed by atoms with Crippen LogP contribution in [0.2, 0.25) is 10.2 Å². The van der Waals surface area contributed by atoms with Gasteiger partial charge in [0.2, 0.25) is 0 Å². The Kier molecular flexibility index (Phi) is 4.90. The van der Waals surface area contributed by atoms with Crippen molar-refractivity contribution in [1.29, 1.82) is 0 Å². The Balaban J connectivity index is 2.47. The van der Waals surface area contributed by atoms with Gasteiger partial charge in [0.1, 0.15) is 11.6 Å². The van der Waals surface area contributed by atoms with Crippen LogP contribution in [-0.2, 0) is 0 Å². The van der Waals surface area contributed by atoms with Gasteiger partial charge in [-0.3, -0.25) is 0 Å². The van der Waals surface area contributed by atoms with Crippen LogP contribution in [0, 0.1) is 5.82 Å². The Bertz CT molecular complexity index is 588. The highest BCUT2D eigenvalue weighted by Crippen LogP contribution is 2.32. The maximum Gasteiger partial charge on any atom is 0.193 e. The molecule has 0 saturated carbocycles. The van der Waals surface area contributed by atoms with E-state index in [0.29, 0.717) is 27.4 Å². The van der Waals surface area contributed by atoms with E-state index in [1.165, 1.54) is 6.07 Å². The van der Waals surface area contributed by atoms with Gasteiger partial charge in [0.05, 0.1) is 11.1 Å². The van der Waals surface area contributed by atoms with E-state index in [0.717, 1.165) is 0 Å². The fourth-order valence-corrected chi connectivity index (χ4v) is 2.45. The van der Waals surface area contributed by atoms with E-state index in [2.05, 4.69) is 21.2 Å². The Morgan fingerprint density at radius 2 is 2.11 bits per heavy atom. The molecule has 0 radical (unpaired) electrons. The molecule has 19 heavy (non-hydrogen) atoms. The van der Waals surface area contributed by atoms with Crippen molar-refractivity contribution in [3.05, 3.63) is 56.1 Å². The summed E-state index contributed by atoms with van der Waals surface area (Å²) < 4.78 is 20.0. The normalized spacial score (nSPS) is 12.7. The lowest BCUT2D eigenvalue weighted by Gasteiger charge is -2.17. The van der Waals surface area contributed by atoms with Crippen molar-refractivity contribution < 1.29 is 8.81 Å². The van der Waals surface area contributed by atoms with Crippen LogP contribution in [0.4, 0.5) is 4.39 Å². The van der Waals surface area contributed by atoms with Gasteiger partial charge in [0, 0.05) is 10.0 Å². The minimum absolute atomic E-state index is 0.265. The van der Waals surface area contributed by atoms with Crippen molar-refractivity contribution in [3.8, 4) is 0 Å². The fraction of sp³-hybridized carbons (Fsp3) is 0.231. The van der Waals surface area contributed by atoms with Crippen LogP contribution >= 0.6 is 39.1 Å². The van der Waals surface area contributed by atoms with Crippen molar-refractivity contribution in [2.45, 2.75) is 13.0 Å². The summed E-state index contributed by atoms with van der Waals surface area (Å²) in [5.74, 6) is 0.180. The second kappa shape index (κ2) is 6.27. The second-order valence-electron chi connectivity index (χ2n) is 3.92. The molecule has 102 valence electrons. The molecule has 1 aromatic carbocycles. The number of nitrogens with one attached hydrogen (secondary N) is 1. The molecule has 0 bridgehead atoms. The third-order valence-corrected chi connectivity index (χ3v) is 4.04. The van der Waals surface area contributed by atoms with E-state index in [-0.39, 0.29) is 11.0 Å². The van der Waals surface area contributed by atoms with Gasteiger partial charge in [-0.25, -0.2) is 4.39 Å². The standard InChI is InChI=1S/C13H11BrCl2FNO/c1-2-18-13(11-3-4-12(16)19-11)7-5-9(15)8(14)6-10(7)17/h3-6,13,18H,2H2,1H3. The molecule has 0 fully saturated rings. The zero-order valence-electron chi connectivity index (χ0n) is 10.0. The maximum absolute atomic E-state index is 14.1. The lowest BCUT2D eigenvalue weighted by atomic mass is 10.0. The smallest absolute Gasteiger partial charge is 0.193 e. The van der Waals surface area contributed by atoms with Gasteiger partial charge in [0.15, 0.2) is 5.22 Å². The molecule has 0 aliphatic rings. The Morgan fingerprint density at radius 3 is 2.68 bits per heavy atom. The van der Waals surface area contributed by atoms with Gasteiger partial charge in [-0.05, 0) is 58.3 Å². The Hall–Kier alpha value is -0.550. The molecule has 1 atom stereocenters. The van der Waals surface area contributed by atoms with Crippen LogP contribution in [0.5, 0.6) is 0 Å². The lowest BCUT2D eigenvalue weighted by Crippen LogP contribution is -2.22. The van der Waals surface area contributed by atoms with Crippen molar-refractivity contribution in [2.24, 2.45) is 0 Å². The summed E-state index contributed by atoms with van der Waals surface area (Å²) in [5.41, 5.74) is 0.418. The summed E-state index contributed by atoms with van der Waals surface area (Å²) in [6.07, 6.45) is 0. The molecule has 1 N–H and O–H groups in total. The van der Waals surface area contributed by atoms with Crippen LogP contribution in [0.1, 0.15) is 24.3 Å². The molecule has 1 aromatic heterocycles. The first-order valence-electron chi connectivity index (χ1n) is 5.66. The first-order valence-corrected chi connectivity index (χ1v) is 7.21. The Morgan fingerprint density at radius 1 is 1.37 bits per heavy atom. The van der Waals surface area contributed by atoms with Crippen molar-refractivity contribution in [2.75, 3.05) is 6.54 Å². The SMILES string of the molecule is CCNC(c1ccc(Cl)o1)c1cc(Cl)c(Br)cc1F. The monoisotopic (exact) mass is 365 g/mol. The highest BCUT2D eigenvalue weighted by molar-refractivity contribution is 9.10. The van der Waals surface area contributed by atoms with Crippen molar-refractivity contribution >= 4 is 39.1 Å². The van der Waals surface area contributed by atoms with Gasteiger partial charge in [-0.1, -0.05) is 18.5 Å². The van der Waals surface area contributed by atoms with E-state index in [1.807, 2.05) is 6.92 Å². The molecule has 0 aliphatic carbocycles. The number of furan rings is 1. The number of hydrogen-bond acceptors (Lipinski definition) is 2. The third-order valence-electron chi connectivity index (χ3n) is 2.64. The van der Waals surface area contributed by atoms with Gasteiger partial charge in [-0.2, -0.15) is 0 Å². The van der Waals surface area contributed by atoms with Crippen LogP contribution in [0.15, 0.2) is 33.2 Å². The molecule has 2 nitrogen and oxygen atoms in total. The molecule has 2 aromatic rings. The highest BCUT2D eigenvalue weighted by Gasteiger charge is 2.21. The number of halogens is 4. The molecule has 0 aliphatic heterocycles. The minimum Gasteiger partial charge on any atom is -0.448 e. The largest absolute Gasteiger partial charge is 0.448 e.